The first-order chi connectivity index (χ1) is 8.77. The summed E-state index contributed by atoms with van der Waals surface area (Å²) < 4.78 is 2.07. The van der Waals surface area contributed by atoms with Crippen LogP contribution in [0.15, 0.2) is 60.7 Å². The first-order valence-electron chi connectivity index (χ1n) is 5.93. The molecule has 1 nitrogen and oxygen atoms in total. The fourth-order valence-corrected chi connectivity index (χ4v) is 2.63. The van der Waals surface area contributed by atoms with Crippen molar-refractivity contribution >= 4 is 22.5 Å². The molecular weight excluding hydrogens is 242 g/mol. The molecule has 0 aliphatic rings. The third kappa shape index (κ3) is 1.77. The molecule has 0 amide bonds. The lowest BCUT2D eigenvalue weighted by molar-refractivity contribution is -0.564. The minimum atomic E-state index is 0.734. The Hall–Kier alpha value is -1.86. The topological polar surface area (TPSA) is 3.88 Å². The number of aryl methyl sites for hydroxylation is 1. The normalized spacial score (nSPS) is 10.8. The molecule has 2 aromatic carbocycles. The number of benzene rings is 2. The van der Waals surface area contributed by atoms with Gasteiger partial charge >= 0.3 is 0 Å². The maximum Gasteiger partial charge on any atom is 0.281 e. The number of nitrogens with zero attached hydrogens (tertiary/aromatic N) is 1. The van der Waals surface area contributed by atoms with E-state index in [4.69, 9.17) is 11.6 Å². The fraction of sp³-hybridized carbons (Fsp3) is 0.0625. The highest BCUT2D eigenvalue weighted by molar-refractivity contribution is 6.28. The molecule has 0 atom stereocenters. The van der Waals surface area contributed by atoms with E-state index in [-0.39, 0.29) is 0 Å². The number of pyridine rings is 1. The lowest BCUT2D eigenvalue weighted by Gasteiger charge is -2.05. The highest BCUT2D eigenvalue weighted by Gasteiger charge is 2.18. The van der Waals surface area contributed by atoms with Gasteiger partial charge in [-0.25, -0.2) is 0 Å². The van der Waals surface area contributed by atoms with E-state index in [1.54, 1.807) is 0 Å². The van der Waals surface area contributed by atoms with Gasteiger partial charge in [0.05, 0.1) is 0 Å². The monoisotopic (exact) mass is 254 g/mol. The first kappa shape index (κ1) is 11.2. The van der Waals surface area contributed by atoms with E-state index in [0.717, 1.165) is 16.4 Å². The quantitative estimate of drug-likeness (QED) is 0.455. The number of halogens is 1. The van der Waals surface area contributed by atoms with E-state index in [0.29, 0.717) is 0 Å². The van der Waals surface area contributed by atoms with Crippen LogP contribution >= 0.6 is 11.6 Å². The van der Waals surface area contributed by atoms with Crippen LogP contribution in [0.25, 0.3) is 16.6 Å². The average Bonchev–Trinajstić information content (AvgIpc) is 2.40. The SMILES string of the molecule is Cc1cc(Cl)[n+](-c2ccccc2)c2ccccc12. The summed E-state index contributed by atoms with van der Waals surface area (Å²) in [6.07, 6.45) is 0. The number of fused-ring (bicyclic) bond motifs is 1. The van der Waals surface area contributed by atoms with Gasteiger partial charge in [0.25, 0.3) is 5.15 Å². The van der Waals surface area contributed by atoms with Crippen molar-refractivity contribution in [2.45, 2.75) is 6.92 Å². The molecule has 18 heavy (non-hydrogen) atoms. The Bertz CT molecular complexity index is 705. The molecule has 0 radical (unpaired) electrons. The van der Waals surface area contributed by atoms with Crippen LogP contribution in [0.1, 0.15) is 5.56 Å². The Labute approximate surface area is 111 Å². The number of rotatable bonds is 1. The lowest BCUT2D eigenvalue weighted by atomic mass is 10.1. The van der Waals surface area contributed by atoms with E-state index in [1.807, 2.05) is 30.3 Å². The van der Waals surface area contributed by atoms with Crippen LogP contribution < -0.4 is 4.57 Å². The van der Waals surface area contributed by atoms with Gasteiger partial charge in [-0.1, -0.05) is 30.3 Å². The second-order valence-electron chi connectivity index (χ2n) is 4.34. The van der Waals surface area contributed by atoms with Crippen molar-refractivity contribution < 1.29 is 4.57 Å². The first-order valence-corrected chi connectivity index (χ1v) is 6.30. The van der Waals surface area contributed by atoms with Crippen molar-refractivity contribution in [1.82, 2.24) is 0 Å². The highest BCUT2D eigenvalue weighted by Crippen LogP contribution is 2.20. The molecule has 0 aliphatic heterocycles. The predicted octanol–water partition coefficient (Wildman–Crippen LogP) is 4.08. The van der Waals surface area contributed by atoms with Gasteiger partial charge in [-0.3, -0.25) is 0 Å². The van der Waals surface area contributed by atoms with Gasteiger partial charge in [0.1, 0.15) is 0 Å². The summed E-state index contributed by atoms with van der Waals surface area (Å²) in [5.74, 6) is 0. The van der Waals surface area contributed by atoms with Crippen molar-refractivity contribution in [3.05, 3.63) is 71.4 Å². The Kier molecular flexibility index (Phi) is 2.77. The van der Waals surface area contributed by atoms with Crippen LogP contribution in [0.5, 0.6) is 0 Å². The molecule has 0 fully saturated rings. The molecule has 1 aromatic heterocycles. The van der Waals surface area contributed by atoms with Crippen LogP contribution in [-0.4, -0.2) is 0 Å². The summed E-state index contributed by atoms with van der Waals surface area (Å²) in [6.45, 7) is 2.09. The number of para-hydroxylation sites is 2. The maximum absolute atomic E-state index is 6.41. The minimum Gasteiger partial charge on any atom is -0.143 e. The minimum absolute atomic E-state index is 0.734. The van der Waals surface area contributed by atoms with Gasteiger partial charge in [-0.2, -0.15) is 0 Å². The molecule has 0 N–H and O–H groups in total. The maximum atomic E-state index is 6.41. The predicted molar refractivity (Wildman–Crippen MR) is 75.2 cm³/mol. The summed E-state index contributed by atoms with van der Waals surface area (Å²) in [5, 5.41) is 1.96. The standard InChI is InChI=1S/C16H13ClN/c1-12-11-16(17)18(13-7-3-2-4-8-13)15-10-6-5-9-14(12)15/h2-11H,1H3/q+1. The third-order valence-electron chi connectivity index (χ3n) is 3.13. The third-order valence-corrected chi connectivity index (χ3v) is 3.41. The van der Waals surface area contributed by atoms with Gasteiger partial charge in [-0.15, -0.1) is 4.57 Å². The second-order valence-corrected chi connectivity index (χ2v) is 4.73. The van der Waals surface area contributed by atoms with Crippen molar-refractivity contribution in [2.24, 2.45) is 0 Å². The molecule has 3 rings (SSSR count). The van der Waals surface area contributed by atoms with Crippen molar-refractivity contribution in [2.75, 3.05) is 0 Å². The van der Waals surface area contributed by atoms with E-state index in [1.165, 1.54) is 10.9 Å². The van der Waals surface area contributed by atoms with E-state index in [9.17, 15) is 0 Å². The summed E-state index contributed by atoms with van der Waals surface area (Å²) in [6, 6.07) is 20.5. The van der Waals surface area contributed by atoms with Crippen LogP contribution in [0.3, 0.4) is 0 Å². The molecule has 1 heterocycles. The summed E-state index contributed by atoms with van der Waals surface area (Å²) >= 11 is 6.41. The second kappa shape index (κ2) is 4.43. The van der Waals surface area contributed by atoms with E-state index in [2.05, 4.69) is 41.8 Å². The molecule has 3 aromatic rings. The van der Waals surface area contributed by atoms with Crippen molar-refractivity contribution in [3.8, 4) is 5.69 Å². The van der Waals surface area contributed by atoms with E-state index < -0.39 is 0 Å². The summed E-state index contributed by atoms with van der Waals surface area (Å²) in [4.78, 5) is 0. The van der Waals surface area contributed by atoms with Crippen LogP contribution in [0.2, 0.25) is 5.15 Å². The Morgan fingerprint density at radius 3 is 2.33 bits per heavy atom. The van der Waals surface area contributed by atoms with Crippen molar-refractivity contribution in [1.29, 1.82) is 0 Å². The molecule has 88 valence electrons. The zero-order valence-corrected chi connectivity index (χ0v) is 10.9. The Morgan fingerprint density at radius 2 is 1.56 bits per heavy atom. The van der Waals surface area contributed by atoms with Gasteiger partial charge < -0.3 is 0 Å². The van der Waals surface area contributed by atoms with Gasteiger partial charge in [0, 0.05) is 29.7 Å². The lowest BCUT2D eigenvalue weighted by Crippen LogP contribution is -2.33. The fourth-order valence-electron chi connectivity index (χ4n) is 2.28. The summed E-state index contributed by atoms with van der Waals surface area (Å²) in [7, 11) is 0. The zero-order valence-electron chi connectivity index (χ0n) is 10.1. The zero-order chi connectivity index (χ0) is 12.5. The number of hydrogen-bond donors (Lipinski definition) is 0. The molecule has 0 saturated heterocycles. The largest absolute Gasteiger partial charge is 0.281 e. The van der Waals surface area contributed by atoms with Gasteiger partial charge in [0.15, 0.2) is 0 Å². The van der Waals surface area contributed by atoms with E-state index >= 15 is 0 Å². The smallest absolute Gasteiger partial charge is 0.143 e. The molecular formula is C16H13ClN+. The molecule has 0 saturated carbocycles. The molecule has 0 bridgehead atoms. The Morgan fingerprint density at radius 1 is 0.889 bits per heavy atom. The Balaban J connectivity index is 2.42. The number of hydrogen-bond acceptors (Lipinski definition) is 0. The van der Waals surface area contributed by atoms with Crippen LogP contribution in [0, 0.1) is 6.92 Å². The van der Waals surface area contributed by atoms with Crippen molar-refractivity contribution in [3.63, 3.8) is 0 Å². The van der Waals surface area contributed by atoms with Crippen LogP contribution in [-0.2, 0) is 0 Å². The molecule has 2 heteroatoms. The average molecular weight is 255 g/mol. The molecule has 0 aliphatic carbocycles. The molecule has 0 unspecified atom stereocenters. The van der Waals surface area contributed by atoms with Crippen LogP contribution in [0.4, 0.5) is 0 Å². The molecule has 0 spiro atoms. The van der Waals surface area contributed by atoms with Gasteiger partial charge in [0.2, 0.25) is 11.2 Å². The van der Waals surface area contributed by atoms with Gasteiger partial charge in [-0.05, 0) is 30.2 Å². The highest BCUT2D eigenvalue weighted by atomic mass is 35.5. The number of aromatic nitrogens is 1. The summed E-state index contributed by atoms with van der Waals surface area (Å²) in [5.41, 5.74) is 3.41.